The molecule has 0 aliphatic carbocycles. The molecule has 0 spiro atoms. The zero-order valence-electron chi connectivity index (χ0n) is 15.8. The Kier molecular flexibility index (Phi) is 5.66. The molecule has 0 N–H and O–H groups in total. The molecular weight excluding hydrogens is 348 g/mol. The second-order valence-corrected chi connectivity index (χ2v) is 7.10. The molecule has 2 aromatic carbocycles. The van der Waals surface area contributed by atoms with E-state index in [1.807, 2.05) is 77.7 Å². The van der Waals surface area contributed by atoms with Crippen LogP contribution in [-0.4, -0.2) is 35.0 Å². The summed E-state index contributed by atoms with van der Waals surface area (Å²) in [7, 11) is 0. The minimum absolute atomic E-state index is 0.00676. The number of carbonyl (C=O) groups excluding carboxylic acids is 1. The first-order valence-electron chi connectivity index (χ1n) is 9.76. The van der Waals surface area contributed by atoms with Crippen LogP contribution in [0.3, 0.4) is 0 Å². The molecule has 1 amide bonds. The van der Waals surface area contributed by atoms with E-state index in [0.29, 0.717) is 6.54 Å². The van der Waals surface area contributed by atoms with Gasteiger partial charge in [-0.05, 0) is 36.1 Å². The first-order chi connectivity index (χ1) is 13.8. The van der Waals surface area contributed by atoms with Crippen LogP contribution in [0.25, 0.3) is 0 Å². The van der Waals surface area contributed by atoms with Gasteiger partial charge >= 0.3 is 0 Å². The molecule has 4 nitrogen and oxygen atoms in total. The van der Waals surface area contributed by atoms with E-state index in [0.717, 1.165) is 36.3 Å². The van der Waals surface area contributed by atoms with E-state index in [4.69, 9.17) is 4.74 Å². The van der Waals surface area contributed by atoms with Crippen LogP contribution >= 0.6 is 0 Å². The monoisotopic (exact) mass is 372 g/mol. The summed E-state index contributed by atoms with van der Waals surface area (Å²) in [6.07, 6.45) is 5.35. The summed E-state index contributed by atoms with van der Waals surface area (Å²) in [5.74, 6) is 0.652. The summed E-state index contributed by atoms with van der Waals surface area (Å²) >= 11 is 0. The number of hydrogen-bond donors (Lipinski definition) is 0. The Hall–Kier alpha value is -3.14. The number of hydrogen-bond acceptors (Lipinski definition) is 3. The number of carbonyl (C=O) groups is 1. The SMILES string of the molecule is O=C(C(c1ccccc1)c1ccccc1)N1CCCC(Oc2ccncc2)C1. The van der Waals surface area contributed by atoms with Gasteiger partial charge in [-0.3, -0.25) is 9.78 Å². The number of rotatable bonds is 5. The molecule has 4 heteroatoms. The number of aromatic nitrogens is 1. The largest absolute Gasteiger partial charge is 0.488 e. The Morgan fingerprint density at radius 1 is 0.929 bits per heavy atom. The molecule has 1 saturated heterocycles. The quantitative estimate of drug-likeness (QED) is 0.671. The summed E-state index contributed by atoms with van der Waals surface area (Å²) in [6.45, 7) is 1.38. The lowest BCUT2D eigenvalue weighted by Gasteiger charge is -2.35. The third-order valence-electron chi connectivity index (χ3n) is 5.16. The number of benzene rings is 2. The molecule has 3 aromatic rings. The second-order valence-electron chi connectivity index (χ2n) is 7.10. The fraction of sp³-hybridized carbons (Fsp3) is 0.250. The molecule has 1 atom stereocenters. The van der Waals surface area contributed by atoms with Gasteiger partial charge in [0.05, 0.1) is 12.5 Å². The van der Waals surface area contributed by atoms with Crippen LogP contribution < -0.4 is 4.74 Å². The van der Waals surface area contributed by atoms with Crippen molar-refractivity contribution >= 4 is 5.91 Å². The van der Waals surface area contributed by atoms with Crippen molar-refractivity contribution in [2.24, 2.45) is 0 Å². The highest BCUT2D eigenvalue weighted by Crippen LogP contribution is 2.28. The highest BCUT2D eigenvalue weighted by molar-refractivity contribution is 5.87. The summed E-state index contributed by atoms with van der Waals surface area (Å²) in [5.41, 5.74) is 2.05. The number of amides is 1. The van der Waals surface area contributed by atoms with E-state index in [2.05, 4.69) is 4.98 Å². The molecule has 1 aliphatic rings. The van der Waals surface area contributed by atoms with Gasteiger partial charge in [0.2, 0.25) is 5.91 Å². The van der Waals surface area contributed by atoms with Crippen molar-refractivity contribution in [3.8, 4) is 5.75 Å². The molecule has 28 heavy (non-hydrogen) atoms. The Morgan fingerprint density at radius 3 is 2.14 bits per heavy atom. The molecule has 0 bridgehead atoms. The zero-order chi connectivity index (χ0) is 19.2. The maximum Gasteiger partial charge on any atom is 0.234 e. The average molecular weight is 372 g/mol. The fourth-order valence-corrected chi connectivity index (χ4v) is 3.79. The average Bonchev–Trinajstić information content (AvgIpc) is 2.76. The molecule has 1 aliphatic heterocycles. The number of pyridine rings is 1. The predicted molar refractivity (Wildman–Crippen MR) is 109 cm³/mol. The third-order valence-corrected chi connectivity index (χ3v) is 5.16. The Bertz CT molecular complexity index is 845. The predicted octanol–water partition coefficient (Wildman–Crippen LogP) is 4.28. The number of ether oxygens (including phenoxy) is 1. The van der Waals surface area contributed by atoms with Crippen molar-refractivity contribution in [2.45, 2.75) is 24.9 Å². The summed E-state index contributed by atoms with van der Waals surface area (Å²) in [5, 5.41) is 0. The van der Waals surface area contributed by atoms with Gasteiger partial charge < -0.3 is 9.64 Å². The molecule has 1 unspecified atom stereocenters. The van der Waals surface area contributed by atoms with E-state index < -0.39 is 0 Å². The molecular formula is C24H24N2O2. The van der Waals surface area contributed by atoms with Gasteiger partial charge in [-0.25, -0.2) is 0 Å². The Morgan fingerprint density at radius 2 is 1.54 bits per heavy atom. The number of likely N-dealkylation sites (tertiary alicyclic amines) is 1. The molecule has 4 rings (SSSR count). The van der Waals surface area contributed by atoms with Crippen LogP contribution in [0.4, 0.5) is 0 Å². The van der Waals surface area contributed by atoms with Crippen LogP contribution in [0.15, 0.2) is 85.2 Å². The summed E-state index contributed by atoms with van der Waals surface area (Å²) in [6, 6.07) is 23.8. The van der Waals surface area contributed by atoms with Gasteiger partial charge in [-0.1, -0.05) is 60.7 Å². The van der Waals surface area contributed by atoms with Gasteiger partial charge in [-0.15, -0.1) is 0 Å². The van der Waals surface area contributed by atoms with Crippen LogP contribution in [0.1, 0.15) is 29.9 Å². The lowest BCUT2D eigenvalue weighted by molar-refractivity contribution is -0.134. The van der Waals surface area contributed by atoms with Crippen LogP contribution in [0, 0.1) is 0 Å². The van der Waals surface area contributed by atoms with Crippen molar-refractivity contribution in [3.05, 3.63) is 96.3 Å². The Balaban J connectivity index is 1.55. The fourth-order valence-electron chi connectivity index (χ4n) is 3.79. The lowest BCUT2D eigenvalue weighted by atomic mass is 9.89. The van der Waals surface area contributed by atoms with Gasteiger partial charge in [-0.2, -0.15) is 0 Å². The number of nitrogens with zero attached hydrogens (tertiary/aromatic N) is 2. The van der Waals surface area contributed by atoms with Gasteiger partial charge in [0.25, 0.3) is 0 Å². The normalized spacial score (nSPS) is 16.8. The molecule has 0 saturated carbocycles. The van der Waals surface area contributed by atoms with Crippen LogP contribution in [0.5, 0.6) is 5.75 Å². The van der Waals surface area contributed by atoms with Crippen molar-refractivity contribution in [2.75, 3.05) is 13.1 Å². The number of piperidine rings is 1. The maximum absolute atomic E-state index is 13.6. The van der Waals surface area contributed by atoms with Crippen molar-refractivity contribution in [3.63, 3.8) is 0 Å². The van der Waals surface area contributed by atoms with E-state index in [1.54, 1.807) is 12.4 Å². The van der Waals surface area contributed by atoms with Crippen molar-refractivity contribution < 1.29 is 9.53 Å². The Labute approximate surface area is 165 Å². The molecule has 2 heterocycles. The van der Waals surface area contributed by atoms with E-state index >= 15 is 0 Å². The minimum Gasteiger partial charge on any atom is -0.488 e. The smallest absolute Gasteiger partial charge is 0.234 e. The molecule has 142 valence electrons. The van der Waals surface area contributed by atoms with Crippen LogP contribution in [-0.2, 0) is 4.79 Å². The molecule has 0 radical (unpaired) electrons. The highest BCUT2D eigenvalue weighted by Gasteiger charge is 2.31. The molecule has 1 aromatic heterocycles. The first-order valence-corrected chi connectivity index (χ1v) is 9.76. The van der Waals surface area contributed by atoms with Crippen molar-refractivity contribution in [1.29, 1.82) is 0 Å². The van der Waals surface area contributed by atoms with E-state index in [9.17, 15) is 4.79 Å². The lowest BCUT2D eigenvalue weighted by Crippen LogP contribution is -2.46. The van der Waals surface area contributed by atoms with Gasteiger partial charge in [0, 0.05) is 18.9 Å². The standard InChI is InChI=1S/C24H24N2O2/c27-24(23(19-8-3-1-4-9-19)20-10-5-2-6-11-20)26-17-7-12-22(18-26)28-21-13-15-25-16-14-21/h1-6,8-11,13-16,22-23H,7,12,17-18H2. The van der Waals surface area contributed by atoms with Crippen LogP contribution in [0.2, 0.25) is 0 Å². The second kappa shape index (κ2) is 8.70. The first kappa shape index (κ1) is 18.2. The van der Waals surface area contributed by atoms with Gasteiger partial charge in [0.1, 0.15) is 11.9 Å². The van der Waals surface area contributed by atoms with E-state index in [-0.39, 0.29) is 17.9 Å². The maximum atomic E-state index is 13.6. The molecule has 1 fully saturated rings. The highest BCUT2D eigenvalue weighted by atomic mass is 16.5. The zero-order valence-corrected chi connectivity index (χ0v) is 15.8. The van der Waals surface area contributed by atoms with E-state index in [1.165, 1.54) is 0 Å². The van der Waals surface area contributed by atoms with Gasteiger partial charge in [0.15, 0.2) is 0 Å². The summed E-state index contributed by atoms with van der Waals surface area (Å²) in [4.78, 5) is 19.5. The van der Waals surface area contributed by atoms with Crippen molar-refractivity contribution in [1.82, 2.24) is 9.88 Å². The third kappa shape index (κ3) is 4.22. The minimum atomic E-state index is -0.290. The topological polar surface area (TPSA) is 42.4 Å². The summed E-state index contributed by atoms with van der Waals surface area (Å²) < 4.78 is 6.09.